The van der Waals surface area contributed by atoms with Gasteiger partial charge in [0.25, 0.3) is 0 Å². The fourth-order valence-electron chi connectivity index (χ4n) is 9.83. The molecule has 1 N–H and O–H groups in total. The topological polar surface area (TPSA) is 21.9 Å². The average molecular weight is 698 g/mol. The summed E-state index contributed by atoms with van der Waals surface area (Å²) in [5.74, 6) is 0.667. The monoisotopic (exact) mass is 697 g/mol. The van der Waals surface area contributed by atoms with Gasteiger partial charge in [0.15, 0.2) is 0 Å². The molecule has 3 nitrogen and oxygen atoms in total. The van der Waals surface area contributed by atoms with E-state index in [-0.39, 0.29) is 6.17 Å². The summed E-state index contributed by atoms with van der Waals surface area (Å²) >= 11 is 0. The third kappa shape index (κ3) is 5.10. The summed E-state index contributed by atoms with van der Waals surface area (Å²) in [5, 5.41) is 6.76. The largest absolute Gasteiger partial charge is 0.361 e. The molecule has 2 aromatic heterocycles. The lowest BCUT2D eigenvalue weighted by Gasteiger charge is -2.35. The van der Waals surface area contributed by atoms with Crippen LogP contribution in [-0.2, 0) is 12.8 Å². The normalized spacial score (nSPS) is 21.4. The molecule has 0 bridgehead atoms. The lowest BCUT2D eigenvalue weighted by Crippen LogP contribution is -2.32. The lowest BCUT2D eigenvalue weighted by molar-refractivity contribution is 0.504. The fourth-order valence-corrected chi connectivity index (χ4v) is 9.83. The molecule has 3 atom stereocenters. The number of fused-ring (bicyclic) bond motifs is 7. The van der Waals surface area contributed by atoms with Crippen LogP contribution in [0.4, 0.5) is 0 Å². The van der Waals surface area contributed by atoms with Crippen LogP contribution in [0.3, 0.4) is 0 Å². The number of hydrogen-bond donors (Lipinski definition) is 1. The Labute approximate surface area is 317 Å². The van der Waals surface area contributed by atoms with E-state index in [1.165, 1.54) is 83.6 Å². The molecule has 0 radical (unpaired) electrons. The van der Waals surface area contributed by atoms with E-state index < -0.39 is 0 Å². The number of benzene rings is 4. The Bertz CT molecular complexity index is 2680. The van der Waals surface area contributed by atoms with Crippen LogP contribution in [0.15, 0.2) is 163 Å². The summed E-state index contributed by atoms with van der Waals surface area (Å²) in [6, 6.07) is 38.1. The predicted molar refractivity (Wildman–Crippen MR) is 226 cm³/mol. The smallest absolute Gasteiger partial charge is 0.124 e. The second-order valence-corrected chi connectivity index (χ2v) is 15.4. The highest BCUT2D eigenvalue weighted by molar-refractivity contribution is 6.10. The predicted octanol–water partition coefficient (Wildman–Crippen LogP) is 12.3. The Morgan fingerprint density at radius 2 is 1.48 bits per heavy atom. The molecule has 1 aliphatic heterocycles. The molecule has 4 aliphatic carbocycles. The lowest BCUT2D eigenvalue weighted by atomic mass is 9.82. The van der Waals surface area contributed by atoms with Crippen molar-refractivity contribution in [3.8, 4) is 0 Å². The summed E-state index contributed by atoms with van der Waals surface area (Å²) in [7, 11) is 0. The van der Waals surface area contributed by atoms with Crippen LogP contribution >= 0.6 is 0 Å². The quantitative estimate of drug-likeness (QED) is 0.190. The number of nitrogens with one attached hydrogen (secondary N) is 1. The van der Waals surface area contributed by atoms with E-state index >= 15 is 0 Å². The minimum Gasteiger partial charge on any atom is -0.361 e. The van der Waals surface area contributed by atoms with Crippen LogP contribution in [0.5, 0.6) is 0 Å². The van der Waals surface area contributed by atoms with Gasteiger partial charge in [-0.3, -0.25) is 0 Å². The van der Waals surface area contributed by atoms with E-state index in [1.54, 1.807) is 0 Å². The van der Waals surface area contributed by atoms with Gasteiger partial charge in [0.05, 0.1) is 11.0 Å². The maximum absolute atomic E-state index is 4.08. The van der Waals surface area contributed by atoms with Gasteiger partial charge in [-0.15, -0.1) is 0 Å². The van der Waals surface area contributed by atoms with E-state index in [9.17, 15) is 0 Å². The zero-order valence-electron chi connectivity index (χ0n) is 30.5. The second kappa shape index (κ2) is 12.8. The first-order valence-corrected chi connectivity index (χ1v) is 19.8. The van der Waals surface area contributed by atoms with Gasteiger partial charge in [-0.05, 0) is 108 Å². The van der Waals surface area contributed by atoms with Gasteiger partial charge in [0.2, 0.25) is 0 Å². The first-order valence-electron chi connectivity index (χ1n) is 19.8. The molecule has 4 aromatic carbocycles. The zero-order chi connectivity index (χ0) is 35.6. The number of nitrogens with zero attached hydrogens (tertiary/aromatic N) is 2. The van der Waals surface area contributed by atoms with Gasteiger partial charge in [0.1, 0.15) is 6.17 Å². The number of rotatable bonds is 5. The molecule has 54 heavy (non-hydrogen) atoms. The van der Waals surface area contributed by atoms with Crippen LogP contribution in [0.1, 0.15) is 82.9 Å². The molecule has 0 amide bonds. The number of hydrogen-bond acceptors (Lipinski definition) is 1. The molecule has 262 valence electrons. The van der Waals surface area contributed by atoms with Crippen LogP contribution in [0.2, 0.25) is 0 Å². The minimum atomic E-state index is 0.00902. The molecule has 5 aliphatic rings. The number of aromatic nitrogens is 2. The Kier molecular flexibility index (Phi) is 7.46. The van der Waals surface area contributed by atoms with Crippen molar-refractivity contribution in [3.63, 3.8) is 0 Å². The molecule has 11 rings (SSSR count). The molecule has 6 aromatic rings. The molecule has 0 fully saturated rings. The summed E-state index contributed by atoms with van der Waals surface area (Å²) in [4.78, 5) is 0. The summed E-state index contributed by atoms with van der Waals surface area (Å²) < 4.78 is 5.13. The Morgan fingerprint density at radius 3 is 2.35 bits per heavy atom. The third-order valence-corrected chi connectivity index (χ3v) is 12.4. The van der Waals surface area contributed by atoms with E-state index in [4.69, 9.17) is 0 Å². The third-order valence-electron chi connectivity index (χ3n) is 12.4. The fraction of sp³-hybridized carbons (Fsp3) is 0.176. The van der Waals surface area contributed by atoms with Gasteiger partial charge in [-0.25, -0.2) is 0 Å². The zero-order valence-corrected chi connectivity index (χ0v) is 30.5. The average Bonchev–Trinajstić information content (AvgIpc) is 3.76. The minimum absolute atomic E-state index is 0.00902. The molecule has 3 heteroatoms. The Hall–Kier alpha value is -6.06. The van der Waals surface area contributed by atoms with Crippen LogP contribution < -0.4 is 5.32 Å². The Balaban J connectivity index is 1.00. The van der Waals surface area contributed by atoms with Crippen molar-refractivity contribution in [1.29, 1.82) is 0 Å². The van der Waals surface area contributed by atoms with Crippen molar-refractivity contribution in [1.82, 2.24) is 14.5 Å². The van der Waals surface area contributed by atoms with Gasteiger partial charge < -0.3 is 14.5 Å². The van der Waals surface area contributed by atoms with Crippen molar-refractivity contribution >= 4 is 45.2 Å². The van der Waals surface area contributed by atoms with Crippen LogP contribution in [-0.4, -0.2) is 9.13 Å². The van der Waals surface area contributed by atoms with Gasteiger partial charge >= 0.3 is 0 Å². The highest BCUT2D eigenvalue weighted by Crippen LogP contribution is 2.45. The highest BCUT2D eigenvalue weighted by Gasteiger charge is 2.33. The van der Waals surface area contributed by atoms with Crippen LogP contribution in [0, 0.1) is 0 Å². The van der Waals surface area contributed by atoms with E-state index in [2.05, 4.69) is 178 Å². The standard InChI is InChI=1S/C51H43N3/c1-4-14-34(15-5-1)38-24-27-40-43(35-16-6-2-7-17-35)33-51(52-46(40)32-38)54-48-23-13-11-21-42(48)45-31-37(26-29-50(45)54)36-25-28-49-44(30-36)41-20-10-12-22-47(41)53(49)39-18-8-3-9-19-39/h1-8,10-12,14-18,20-22,25-30,32-33,37-38,51-52H,9,13,19,23-24,31H2. The highest BCUT2D eigenvalue weighted by atomic mass is 15.2. The van der Waals surface area contributed by atoms with Crippen molar-refractivity contribution in [2.45, 2.75) is 56.5 Å². The van der Waals surface area contributed by atoms with Gasteiger partial charge in [0, 0.05) is 51.0 Å². The summed E-state index contributed by atoms with van der Waals surface area (Å²) in [6.07, 6.45) is 30.2. The van der Waals surface area contributed by atoms with Crippen molar-refractivity contribution < 1.29 is 0 Å². The molecule has 0 saturated heterocycles. The van der Waals surface area contributed by atoms with E-state index in [0.29, 0.717) is 11.8 Å². The SMILES string of the molecule is C1=CCCC(n2c3ccccc3c3cc(C4C=Cc5c(c6c(n5C5C=C(c7ccccc7)C7=CCC(c8ccccc8)C=C7N5)CCC=C6)C4)ccc32)=C1. The first kappa shape index (κ1) is 31.5. The molecular formula is C51H43N3. The van der Waals surface area contributed by atoms with Crippen molar-refractivity contribution in [3.05, 3.63) is 202 Å². The van der Waals surface area contributed by atoms with Crippen molar-refractivity contribution in [2.24, 2.45) is 0 Å². The second-order valence-electron chi connectivity index (χ2n) is 15.4. The number of allylic oxidation sites excluding steroid dienone is 9. The first-order chi connectivity index (χ1) is 26.8. The molecule has 3 unspecified atom stereocenters. The van der Waals surface area contributed by atoms with Gasteiger partial charge in [-0.1, -0.05) is 127 Å². The van der Waals surface area contributed by atoms with Gasteiger partial charge in [-0.2, -0.15) is 0 Å². The maximum Gasteiger partial charge on any atom is 0.124 e. The molecule has 0 spiro atoms. The molecule has 0 saturated carbocycles. The summed E-state index contributed by atoms with van der Waals surface area (Å²) in [5.41, 5.74) is 17.6. The molecular weight excluding hydrogens is 655 g/mol. The maximum atomic E-state index is 4.08. The van der Waals surface area contributed by atoms with Crippen LogP contribution in [0.25, 0.3) is 45.2 Å². The van der Waals surface area contributed by atoms with E-state index in [1.807, 2.05) is 0 Å². The Morgan fingerprint density at radius 1 is 0.667 bits per heavy atom. The van der Waals surface area contributed by atoms with Crippen molar-refractivity contribution in [2.75, 3.05) is 0 Å². The van der Waals surface area contributed by atoms with E-state index in [0.717, 1.165) is 38.5 Å². The number of para-hydroxylation sites is 1. The molecule has 3 heterocycles. The summed E-state index contributed by atoms with van der Waals surface area (Å²) in [6.45, 7) is 0.